The van der Waals surface area contributed by atoms with Gasteiger partial charge in [-0.25, -0.2) is 0 Å². The Morgan fingerprint density at radius 1 is 1.37 bits per heavy atom. The molecule has 0 spiro atoms. The summed E-state index contributed by atoms with van der Waals surface area (Å²) in [7, 11) is 1.98. The molecule has 2 aromatic rings. The Hall–Kier alpha value is -0.800. The third-order valence-corrected chi connectivity index (χ3v) is 4.30. The summed E-state index contributed by atoms with van der Waals surface area (Å²) in [5.74, 6) is 2.31. The van der Waals surface area contributed by atoms with E-state index in [9.17, 15) is 0 Å². The zero-order valence-electron chi connectivity index (χ0n) is 11.7. The first-order valence-corrected chi connectivity index (χ1v) is 7.80. The zero-order valence-corrected chi connectivity index (χ0v) is 13.3. The van der Waals surface area contributed by atoms with Gasteiger partial charge in [-0.2, -0.15) is 0 Å². The lowest BCUT2D eigenvalue weighted by atomic mass is 9.98. The van der Waals surface area contributed by atoms with E-state index in [1.165, 1.54) is 29.4 Å². The summed E-state index contributed by atoms with van der Waals surface area (Å²) >= 11 is 3.65. The molecular weight excluding hydrogens is 302 g/mol. The molecule has 0 bridgehead atoms. The summed E-state index contributed by atoms with van der Waals surface area (Å²) in [5, 5.41) is 4.54. The van der Waals surface area contributed by atoms with Crippen molar-refractivity contribution in [3.8, 4) is 0 Å². The highest BCUT2D eigenvalue weighted by Crippen LogP contribution is 2.47. The number of benzene rings is 1. The van der Waals surface area contributed by atoms with Crippen LogP contribution in [0.15, 0.2) is 21.0 Å². The van der Waals surface area contributed by atoms with Crippen molar-refractivity contribution in [2.24, 2.45) is 0 Å². The van der Waals surface area contributed by atoms with Gasteiger partial charge in [-0.1, -0.05) is 29.8 Å². The van der Waals surface area contributed by atoms with Gasteiger partial charge in [-0.15, -0.1) is 0 Å². The number of furan rings is 1. The SMILES string of the molecule is CNCc1oc2c(C(C)C)cc(Br)cc2c1C1CC1. The minimum atomic E-state index is 0.473. The smallest absolute Gasteiger partial charge is 0.138 e. The highest BCUT2D eigenvalue weighted by atomic mass is 79.9. The predicted molar refractivity (Wildman–Crippen MR) is 82.7 cm³/mol. The van der Waals surface area contributed by atoms with E-state index in [0.29, 0.717) is 11.8 Å². The molecule has 0 radical (unpaired) electrons. The van der Waals surface area contributed by atoms with Crippen molar-refractivity contribution in [2.75, 3.05) is 7.05 Å². The number of hydrogen-bond donors (Lipinski definition) is 1. The maximum absolute atomic E-state index is 6.20. The van der Waals surface area contributed by atoms with Crippen LogP contribution in [-0.4, -0.2) is 7.05 Å². The minimum Gasteiger partial charge on any atom is -0.459 e. The molecule has 1 N–H and O–H groups in total. The normalized spacial score (nSPS) is 15.6. The average Bonchev–Trinajstić information content (AvgIpc) is 3.11. The third kappa shape index (κ3) is 2.34. The lowest BCUT2D eigenvalue weighted by Gasteiger charge is -2.07. The second kappa shape index (κ2) is 4.95. The molecule has 3 heteroatoms. The van der Waals surface area contributed by atoms with Crippen molar-refractivity contribution < 1.29 is 4.42 Å². The lowest BCUT2D eigenvalue weighted by Crippen LogP contribution is -2.05. The first-order chi connectivity index (χ1) is 9.11. The Morgan fingerprint density at radius 2 is 2.11 bits per heavy atom. The highest BCUT2D eigenvalue weighted by Gasteiger charge is 2.31. The van der Waals surface area contributed by atoms with Crippen LogP contribution in [0.5, 0.6) is 0 Å². The molecule has 1 aromatic heterocycles. The molecule has 0 saturated heterocycles. The van der Waals surface area contributed by atoms with Gasteiger partial charge >= 0.3 is 0 Å². The number of nitrogens with one attached hydrogen (secondary N) is 1. The number of halogens is 1. The summed E-state index contributed by atoms with van der Waals surface area (Å²) < 4.78 is 7.36. The van der Waals surface area contributed by atoms with Crippen LogP contribution in [0.4, 0.5) is 0 Å². The summed E-state index contributed by atoms with van der Waals surface area (Å²) in [5.41, 5.74) is 3.83. The Labute approximate surface area is 122 Å². The Morgan fingerprint density at radius 3 is 2.68 bits per heavy atom. The van der Waals surface area contributed by atoms with Gasteiger partial charge < -0.3 is 9.73 Å². The molecule has 1 heterocycles. The van der Waals surface area contributed by atoms with Crippen molar-refractivity contribution in [1.29, 1.82) is 0 Å². The van der Waals surface area contributed by atoms with Gasteiger partial charge in [-0.05, 0) is 49.4 Å². The van der Waals surface area contributed by atoms with Gasteiger partial charge in [0.25, 0.3) is 0 Å². The molecule has 1 aliphatic carbocycles. The van der Waals surface area contributed by atoms with E-state index in [2.05, 4.69) is 47.2 Å². The van der Waals surface area contributed by atoms with Crippen LogP contribution in [0.2, 0.25) is 0 Å². The predicted octanol–water partition coefficient (Wildman–Crippen LogP) is 4.92. The van der Waals surface area contributed by atoms with Gasteiger partial charge in [0.15, 0.2) is 0 Å². The molecule has 3 rings (SSSR count). The van der Waals surface area contributed by atoms with Crippen molar-refractivity contribution in [3.63, 3.8) is 0 Å². The quantitative estimate of drug-likeness (QED) is 0.865. The molecule has 1 aromatic carbocycles. The zero-order chi connectivity index (χ0) is 13.6. The van der Waals surface area contributed by atoms with Crippen LogP contribution in [0.3, 0.4) is 0 Å². The van der Waals surface area contributed by atoms with Gasteiger partial charge in [-0.3, -0.25) is 0 Å². The molecule has 1 aliphatic rings. The van der Waals surface area contributed by atoms with Crippen molar-refractivity contribution in [1.82, 2.24) is 5.32 Å². The van der Waals surface area contributed by atoms with Crippen LogP contribution in [-0.2, 0) is 6.54 Å². The maximum atomic E-state index is 6.20. The van der Waals surface area contributed by atoms with E-state index in [-0.39, 0.29) is 0 Å². The van der Waals surface area contributed by atoms with E-state index in [1.54, 1.807) is 0 Å². The van der Waals surface area contributed by atoms with Gasteiger partial charge in [0.05, 0.1) is 6.54 Å². The summed E-state index contributed by atoms with van der Waals surface area (Å²) in [4.78, 5) is 0. The number of rotatable bonds is 4. The van der Waals surface area contributed by atoms with Crippen molar-refractivity contribution in [2.45, 2.75) is 45.1 Å². The van der Waals surface area contributed by atoms with Crippen LogP contribution in [0.1, 0.15) is 55.4 Å². The maximum Gasteiger partial charge on any atom is 0.138 e. The fourth-order valence-corrected chi connectivity index (χ4v) is 3.27. The van der Waals surface area contributed by atoms with Crippen LogP contribution >= 0.6 is 15.9 Å². The Kier molecular flexibility index (Phi) is 3.44. The van der Waals surface area contributed by atoms with E-state index in [0.717, 1.165) is 22.4 Å². The van der Waals surface area contributed by atoms with Gasteiger partial charge in [0.2, 0.25) is 0 Å². The standard InChI is InChI=1S/C16H20BrNO/c1-9(2)12-6-11(17)7-13-15(10-4-5-10)14(8-18-3)19-16(12)13/h6-7,9-10,18H,4-5,8H2,1-3H3. The van der Waals surface area contributed by atoms with Crippen LogP contribution < -0.4 is 5.32 Å². The second-order valence-electron chi connectivity index (χ2n) is 5.77. The molecule has 0 amide bonds. The highest BCUT2D eigenvalue weighted by molar-refractivity contribution is 9.10. The molecule has 102 valence electrons. The Bertz CT molecular complexity index is 611. The summed E-state index contributed by atoms with van der Waals surface area (Å²) in [6, 6.07) is 4.41. The number of fused-ring (bicyclic) bond motifs is 1. The Balaban J connectivity index is 2.27. The van der Waals surface area contributed by atoms with Crippen LogP contribution in [0.25, 0.3) is 11.0 Å². The van der Waals surface area contributed by atoms with E-state index in [4.69, 9.17) is 4.42 Å². The van der Waals surface area contributed by atoms with E-state index >= 15 is 0 Å². The molecule has 19 heavy (non-hydrogen) atoms. The molecule has 2 nitrogen and oxygen atoms in total. The average molecular weight is 322 g/mol. The van der Waals surface area contributed by atoms with Gasteiger partial charge in [0, 0.05) is 15.4 Å². The second-order valence-corrected chi connectivity index (χ2v) is 6.69. The lowest BCUT2D eigenvalue weighted by molar-refractivity contribution is 0.520. The first kappa shape index (κ1) is 13.2. The third-order valence-electron chi connectivity index (χ3n) is 3.84. The van der Waals surface area contributed by atoms with Crippen LogP contribution in [0, 0.1) is 0 Å². The number of hydrogen-bond acceptors (Lipinski definition) is 2. The van der Waals surface area contributed by atoms with Crippen molar-refractivity contribution in [3.05, 3.63) is 33.5 Å². The molecular formula is C16H20BrNO. The fourth-order valence-electron chi connectivity index (χ4n) is 2.80. The topological polar surface area (TPSA) is 25.2 Å². The fraction of sp³-hybridized carbons (Fsp3) is 0.500. The molecule has 0 unspecified atom stereocenters. The molecule has 1 saturated carbocycles. The summed E-state index contributed by atoms with van der Waals surface area (Å²) in [6.45, 7) is 5.26. The largest absolute Gasteiger partial charge is 0.459 e. The summed E-state index contributed by atoms with van der Waals surface area (Å²) in [6.07, 6.45) is 2.60. The van der Waals surface area contributed by atoms with E-state index in [1.807, 2.05) is 7.05 Å². The molecule has 0 atom stereocenters. The van der Waals surface area contributed by atoms with E-state index < -0.39 is 0 Å². The molecule has 1 fully saturated rings. The first-order valence-electron chi connectivity index (χ1n) is 7.01. The van der Waals surface area contributed by atoms with Crippen molar-refractivity contribution >= 4 is 26.9 Å². The minimum absolute atomic E-state index is 0.473. The monoisotopic (exact) mass is 321 g/mol. The molecule has 0 aliphatic heterocycles. The van der Waals surface area contributed by atoms with Gasteiger partial charge in [0.1, 0.15) is 11.3 Å².